The van der Waals surface area contributed by atoms with Crippen molar-refractivity contribution < 1.29 is 19.1 Å². The molecule has 1 fully saturated rings. The smallest absolute Gasteiger partial charge is 0.331 e. The molecule has 3 aromatic rings. The molecule has 0 saturated carbocycles. The standard InChI is InChI=1S/C32H33N3O4/c1-25-15-16-28(17-19-30(36)38-23-26-11-5-2-6-12-26)32(33-34-35-21-9-4-10-22-35)29(25)18-20-31(37)39-24-27-13-7-3-8-14-27/h2-3,5-8,11-20H,4,9-10,21-24H2,1H3/b19-17+,20-18+,34-33?. The van der Waals surface area contributed by atoms with Gasteiger partial charge < -0.3 is 9.47 Å². The van der Waals surface area contributed by atoms with Crippen molar-refractivity contribution >= 4 is 29.8 Å². The monoisotopic (exact) mass is 523 g/mol. The molecule has 0 unspecified atom stereocenters. The second-order valence-electron chi connectivity index (χ2n) is 9.29. The van der Waals surface area contributed by atoms with E-state index in [1.54, 1.807) is 12.2 Å². The first kappa shape index (κ1) is 27.5. The molecule has 0 spiro atoms. The normalized spacial score (nSPS) is 13.8. The summed E-state index contributed by atoms with van der Waals surface area (Å²) in [5.74, 6) is -0.914. The van der Waals surface area contributed by atoms with Gasteiger partial charge in [0.05, 0.1) is 0 Å². The second kappa shape index (κ2) is 14.4. The van der Waals surface area contributed by atoms with Crippen LogP contribution in [-0.4, -0.2) is 30.0 Å². The number of piperidine rings is 1. The third-order valence-electron chi connectivity index (χ3n) is 6.30. The van der Waals surface area contributed by atoms with Gasteiger partial charge in [-0.25, -0.2) is 9.59 Å². The van der Waals surface area contributed by atoms with Crippen LogP contribution in [0.25, 0.3) is 12.2 Å². The van der Waals surface area contributed by atoms with Crippen molar-refractivity contribution in [3.8, 4) is 0 Å². The van der Waals surface area contributed by atoms with Gasteiger partial charge in [0.1, 0.15) is 18.9 Å². The quantitative estimate of drug-likeness (QED) is 0.162. The molecule has 0 N–H and O–H groups in total. The third kappa shape index (κ3) is 8.78. The maximum atomic E-state index is 12.5. The van der Waals surface area contributed by atoms with E-state index in [-0.39, 0.29) is 13.2 Å². The Bertz CT molecular complexity index is 1330. The van der Waals surface area contributed by atoms with Crippen LogP contribution in [0.5, 0.6) is 0 Å². The Balaban J connectivity index is 1.52. The van der Waals surface area contributed by atoms with E-state index in [2.05, 4.69) is 10.3 Å². The molecule has 0 atom stereocenters. The number of esters is 2. The van der Waals surface area contributed by atoms with Crippen molar-refractivity contribution in [1.82, 2.24) is 5.01 Å². The molecule has 1 aliphatic heterocycles. The number of hydrogen-bond donors (Lipinski definition) is 0. The van der Waals surface area contributed by atoms with Crippen molar-refractivity contribution in [2.45, 2.75) is 39.4 Å². The second-order valence-corrected chi connectivity index (χ2v) is 9.29. The van der Waals surface area contributed by atoms with E-state index in [1.807, 2.05) is 84.7 Å². The molecule has 1 heterocycles. The fourth-order valence-electron chi connectivity index (χ4n) is 4.12. The van der Waals surface area contributed by atoms with Gasteiger partial charge in [0.25, 0.3) is 0 Å². The highest BCUT2D eigenvalue weighted by Crippen LogP contribution is 2.31. The molecule has 1 saturated heterocycles. The third-order valence-corrected chi connectivity index (χ3v) is 6.30. The fraction of sp³-hybridized carbons (Fsp3) is 0.250. The fourth-order valence-corrected chi connectivity index (χ4v) is 4.12. The van der Waals surface area contributed by atoms with Crippen LogP contribution >= 0.6 is 0 Å². The van der Waals surface area contributed by atoms with Gasteiger partial charge in [-0.1, -0.05) is 78.0 Å². The Morgan fingerprint density at radius 2 is 1.33 bits per heavy atom. The molecule has 1 aliphatic rings. The van der Waals surface area contributed by atoms with Gasteiger partial charge in [-0.3, -0.25) is 5.01 Å². The average molecular weight is 524 g/mol. The minimum absolute atomic E-state index is 0.193. The molecule has 3 aromatic carbocycles. The van der Waals surface area contributed by atoms with Gasteiger partial charge in [0, 0.05) is 36.4 Å². The molecule has 0 aromatic heterocycles. The summed E-state index contributed by atoms with van der Waals surface area (Å²) < 4.78 is 10.8. The molecule has 0 radical (unpaired) electrons. The number of rotatable bonds is 10. The molecular weight excluding hydrogens is 490 g/mol. The maximum Gasteiger partial charge on any atom is 0.331 e. The molecule has 0 bridgehead atoms. The lowest BCUT2D eigenvalue weighted by Crippen LogP contribution is -2.23. The zero-order valence-corrected chi connectivity index (χ0v) is 22.2. The Kier molecular flexibility index (Phi) is 10.2. The summed E-state index contributed by atoms with van der Waals surface area (Å²) in [6.45, 7) is 4.03. The van der Waals surface area contributed by atoms with Crippen LogP contribution < -0.4 is 0 Å². The van der Waals surface area contributed by atoms with Gasteiger partial charge in [-0.15, -0.1) is 5.11 Å². The Morgan fingerprint density at radius 3 is 1.92 bits per heavy atom. The lowest BCUT2D eigenvalue weighted by atomic mass is 10.0. The minimum Gasteiger partial charge on any atom is -0.458 e. The molecule has 7 heteroatoms. The van der Waals surface area contributed by atoms with Crippen molar-refractivity contribution in [3.63, 3.8) is 0 Å². The Hall–Kier alpha value is -4.52. The molecule has 4 rings (SSSR count). The highest BCUT2D eigenvalue weighted by atomic mass is 16.5. The van der Waals surface area contributed by atoms with E-state index in [0.29, 0.717) is 11.3 Å². The highest BCUT2D eigenvalue weighted by Gasteiger charge is 2.12. The van der Waals surface area contributed by atoms with E-state index in [9.17, 15) is 9.59 Å². The summed E-state index contributed by atoms with van der Waals surface area (Å²) in [5.41, 5.74) is 4.73. The van der Waals surface area contributed by atoms with E-state index in [1.165, 1.54) is 18.6 Å². The van der Waals surface area contributed by atoms with Crippen LogP contribution in [0.2, 0.25) is 0 Å². The topological polar surface area (TPSA) is 80.6 Å². The largest absolute Gasteiger partial charge is 0.458 e. The number of carbonyl (C=O) groups excluding carboxylic acids is 2. The van der Waals surface area contributed by atoms with Crippen LogP contribution in [0.15, 0.2) is 95.3 Å². The first-order valence-corrected chi connectivity index (χ1v) is 13.2. The Morgan fingerprint density at radius 1 is 0.769 bits per heavy atom. The summed E-state index contributed by atoms with van der Waals surface area (Å²) in [6.07, 6.45) is 9.48. The van der Waals surface area contributed by atoms with Crippen LogP contribution in [0.1, 0.15) is 47.1 Å². The van der Waals surface area contributed by atoms with Crippen molar-refractivity contribution in [3.05, 3.63) is 113 Å². The van der Waals surface area contributed by atoms with Crippen LogP contribution in [-0.2, 0) is 32.3 Å². The molecule has 7 nitrogen and oxygen atoms in total. The number of carbonyl (C=O) groups is 2. The molecule has 0 aliphatic carbocycles. The predicted octanol–water partition coefficient (Wildman–Crippen LogP) is 6.99. The van der Waals surface area contributed by atoms with Gasteiger partial charge in [-0.05, 0) is 55.0 Å². The number of ether oxygens (including phenoxy) is 2. The van der Waals surface area contributed by atoms with E-state index < -0.39 is 11.9 Å². The first-order valence-electron chi connectivity index (χ1n) is 13.2. The average Bonchev–Trinajstić information content (AvgIpc) is 2.98. The molecule has 39 heavy (non-hydrogen) atoms. The van der Waals surface area contributed by atoms with E-state index in [0.717, 1.165) is 48.2 Å². The van der Waals surface area contributed by atoms with Gasteiger partial charge >= 0.3 is 11.9 Å². The zero-order chi connectivity index (χ0) is 27.3. The number of hydrogen-bond acceptors (Lipinski definition) is 6. The number of aryl methyl sites for hydroxylation is 1. The van der Waals surface area contributed by atoms with Crippen LogP contribution in [0.4, 0.5) is 5.69 Å². The molecule has 0 amide bonds. The Labute approximate surface area is 229 Å². The summed E-state index contributed by atoms with van der Waals surface area (Å²) >= 11 is 0. The van der Waals surface area contributed by atoms with Crippen LogP contribution in [0.3, 0.4) is 0 Å². The summed E-state index contributed by atoms with van der Waals surface area (Å²) in [4.78, 5) is 24.9. The number of nitrogens with zero attached hydrogens (tertiary/aromatic N) is 3. The SMILES string of the molecule is Cc1ccc(/C=C/C(=O)OCc2ccccc2)c(N=NN2CCCCC2)c1/C=C/C(=O)OCc1ccccc1. The zero-order valence-electron chi connectivity index (χ0n) is 22.2. The molecular formula is C32H33N3O4. The summed E-state index contributed by atoms with van der Waals surface area (Å²) in [5, 5.41) is 11.0. The predicted molar refractivity (Wildman–Crippen MR) is 152 cm³/mol. The van der Waals surface area contributed by atoms with Crippen molar-refractivity contribution in [1.29, 1.82) is 0 Å². The summed E-state index contributed by atoms with van der Waals surface area (Å²) in [7, 11) is 0. The van der Waals surface area contributed by atoms with Gasteiger partial charge in [0.15, 0.2) is 0 Å². The van der Waals surface area contributed by atoms with Crippen molar-refractivity contribution in [2.24, 2.45) is 10.3 Å². The van der Waals surface area contributed by atoms with Gasteiger partial charge in [-0.2, -0.15) is 0 Å². The van der Waals surface area contributed by atoms with E-state index in [4.69, 9.17) is 9.47 Å². The lowest BCUT2D eigenvalue weighted by molar-refractivity contribution is -0.139. The maximum absolute atomic E-state index is 12.5. The minimum atomic E-state index is -0.458. The van der Waals surface area contributed by atoms with Crippen molar-refractivity contribution in [2.75, 3.05) is 13.1 Å². The van der Waals surface area contributed by atoms with Gasteiger partial charge in [0.2, 0.25) is 0 Å². The summed E-state index contributed by atoms with van der Waals surface area (Å²) in [6, 6.07) is 22.8. The highest BCUT2D eigenvalue weighted by molar-refractivity contribution is 5.91. The lowest BCUT2D eigenvalue weighted by Gasteiger charge is -2.22. The van der Waals surface area contributed by atoms with Crippen LogP contribution in [0, 0.1) is 6.92 Å². The molecule has 200 valence electrons. The first-order chi connectivity index (χ1) is 19.1. The van der Waals surface area contributed by atoms with E-state index >= 15 is 0 Å². The number of benzene rings is 3.